The van der Waals surface area contributed by atoms with Crippen LogP contribution in [-0.4, -0.2) is 16.9 Å². The molecule has 0 aliphatic heterocycles. The summed E-state index contributed by atoms with van der Waals surface area (Å²) in [4.78, 5) is 23.5. The number of carboxylic acids is 1. The molecule has 6 heteroatoms. The van der Waals surface area contributed by atoms with Crippen LogP contribution < -0.4 is 0 Å². The van der Waals surface area contributed by atoms with Crippen LogP contribution in [0.3, 0.4) is 0 Å². The smallest absolute Gasteiger partial charge is 0.307 e. The summed E-state index contributed by atoms with van der Waals surface area (Å²) in [5, 5.41) is 8.95. The lowest BCUT2D eigenvalue weighted by Gasteiger charge is -2.15. The summed E-state index contributed by atoms with van der Waals surface area (Å²) in [6.45, 7) is 1.86. The highest BCUT2D eigenvalue weighted by atomic mass is 35.5. The summed E-state index contributed by atoms with van der Waals surface area (Å²) in [5.41, 5.74) is -0.157. The average Bonchev–Trinajstić information content (AvgIpc) is 2.75. The molecule has 1 N–H and O–H groups in total. The topological polar surface area (TPSA) is 54.4 Å². The second kappa shape index (κ2) is 5.48. The van der Waals surface area contributed by atoms with Crippen LogP contribution in [0.25, 0.3) is 0 Å². The first kappa shape index (κ1) is 14.9. The van der Waals surface area contributed by atoms with Crippen LogP contribution in [0.2, 0.25) is 5.02 Å². The molecule has 20 heavy (non-hydrogen) atoms. The van der Waals surface area contributed by atoms with E-state index in [-0.39, 0.29) is 16.5 Å². The predicted octanol–water partition coefficient (Wildman–Crippen LogP) is 3.55. The van der Waals surface area contributed by atoms with E-state index in [4.69, 9.17) is 16.7 Å². The molecule has 1 aliphatic rings. The number of carbonyl (C=O) groups is 2. The summed E-state index contributed by atoms with van der Waals surface area (Å²) in [6.07, 6.45) is 0.804. The first-order valence-electron chi connectivity index (χ1n) is 6.22. The van der Waals surface area contributed by atoms with Gasteiger partial charge in [-0.25, -0.2) is 8.78 Å². The molecule has 1 aliphatic carbocycles. The van der Waals surface area contributed by atoms with Gasteiger partial charge < -0.3 is 5.11 Å². The maximum absolute atomic E-state index is 13.2. The van der Waals surface area contributed by atoms with E-state index in [1.165, 1.54) is 0 Å². The zero-order valence-electron chi connectivity index (χ0n) is 10.7. The molecular weight excluding hydrogens is 290 g/mol. The Morgan fingerprint density at radius 2 is 1.75 bits per heavy atom. The normalized spacial score (nSPS) is 25.7. The largest absolute Gasteiger partial charge is 0.481 e. The van der Waals surface area contributed by atoms with Gasteiger partial charge in [0, 0.05) is 11.5 Å². The molecule has 0 bridgehead atoms. The van der Waals surface area contributed by atoms with Crippen molar-refractivity contribution < 1.29 is 23.5 Å². The summed E-state index contributed by atoms with van der Waals surface area (Å²) < 4.78 is 26.2. The van der Waals surface area contributed by atoms with Crippen LogP contribution in [0.5, 0.6) is 0 Å². The molecule has 1 aromatic carbocycles. The van der Waals surface area contributed by atoms with Gasteiger partial charge in [0.05, 0.1) is 10.9 Å². The van der Waals surface area contributed by atoms with Crippen LogP contribution >= 0.6 is 11.6 Å². The molecule has 1 aromatic rings. The fourth-order valence-corrected chi connectivity index (χ4v) is 3.01. The van der Waals surface area contributed by atoms with E-state index in [0.29, 0.717) is 12.8 Å². The van der Waals surface area contributed by atoms with E-state index in [1.54, 1.807) is 0 Å². The number of aliphatic carboxylic acids is 1. The summed E-state index contributed by atoms with van der Waals surface area (Å²) in [5.74, 6) is -5.35. The number of ketones is 1. The SMILES string of the molecule is CC1CC(C(=O)O)C(C(=O)c2cc(F)c(F)cc2Cl)C1. The van der Waals surface area contributed by atoms with Crippen LogP contribution in [0.4, 0.5) is 8.78 Å². The Bertz CT molecular complexity index is 574. The van der Waals surface area contributed by atoms with Crippen LogP contribution in [0, 0.1) is 29.4 Å². The van der Waals surface area contributed by atoms with Gasteiger partial charge in [-0.05, 0) is 30.9 Å². The summed E-state index contributed by atoms with van der Waals surface area (Å²) in [7, 11) is 0. The fourth-order valence-electron chi connectivity index (χ4n) is 2.77. The minimum Gasteiger partial charge on any atom is -0.481 e. The fraction of sp³-hybridized carbons (Fsp3) is 0.429. The Kier molecular flexibility index (Phi) is 4.09. The summed E-state index contributed by atoms with van der Waals surface area (Å²) in [6, 6.07) is 1.47. The number of hydrogen-bond acceptors (Lipinski definition) is 2. The van der Waals surface area contributed by atoms with Crippen molar-refractivity contribution in [2.75, 3.05) is 0 Å². The third-order valence-corrected chi connectivity index (χ3v) is 4.04. The van der Waals surface area contributed by atoms with E-state index in [1.807, 2.05) is 6.92 Å². The van der Waals surface area contributed by atoms with E-state index >= 15 is 0 Å². The molecule has 3 atom stereocenters. The first-order valence-corrected chi connectivity index (χ1v) is 6.60. The van der Waals surface area contributed by atoms with E-state index in [2.05, 4.69) is 0 Å². The highest BCUT2D eigenvalue weighted by Gasteiger charge is 2.41. The molecular formula is C14H13ClF2O3. The molecule has 0 heterocycles. The third kappa shape index (κ3) is 2.68. The van der Waals surface area contributed by atoms with Crippen molar-refractivity contribution >= 4 is 23.4 Å². The van der Waals surface area contributed by atoms with Gasteiger partial charge in [0.1, 0.15) is 0 Å². The van der Waals surface area contributed by atoms with E-state index in [9.17, 15) is 18.4 Å². The molecule has 0 radical (unpaired) electrons. The molecule has 3 unspecified atom stereocenters. The molecule has 1 fully saturated rings. The standard InChI is InChI=1S/C14H13ClF2O3/c1-6-2-7(8(3-6)14(19)20)13(18)9-4-11(16)12(17)5-10(9)15/h4-8H,2-3H2,1H3,(H,19,20). The Balaban J connectivity index is 2.36. The Hall–Kier alpha value is -1.49. The number of Topliss-reactive ketones (excluding diaryl/α,β-unsaturated/α-hetero) is 1. The number of halogens is 3. The molecule has 0 spiro atoms. The van der Waals surface area contributed by atoms with Gasteiger partial charge in [-0.2, -0.15) is 0 Å². The van der Waals surface area contributed by atoms with Crippen molar-refractivity contribution in [3.05, 3.63) is 34.4 Å². The second-order valence-electron chi connectivity index (χ2n) is 5.24. The summed E-state index contributed by atoms with van der Waals surface area (Å²) >= 11 is 5.76. The van der Waals surface area contributed by atoms with Gasteiger partial charge in [0.15, 0.2) is 17.4 Å². The van der Waals surface area contributed by atoms with Gasteiger partial charge in [0.25, 0.3) is 0 Å². The third-order valence-electron chi connectivity index (χ3n) is 3.73. The molecule has 0 aromatic heterocycles. The Morgan fingerprint density at radius 1 is 1.20 bits per heavy atom. The predicted molar refractivity (Wildman–Crippen MR) is 68.7 cm³/mol. The van der Waals surface area contributed by atoms with Crippen molar-refractivity contribution in [2.45, 2.75) is 19.8 Å². The monoisotopic (exact) mass is 302 g/mol. The van der Waals surface area contributed by atoms with Crippen molar-refractivity contribution in [2.24, 2.45) is 17.8 Å². The van der Waals surface area contributed by atoms with E-state index < -0.39 is 35.2 Å². The first-order chi connectivity index (χ1) is 9.31. The van der Waals surface area contributed by atoms with Gasteiger partial charge in [-0.3, -0.25) is 9.59 Å². The molecule has 1 saturated carbocycles. The zero-order chi connectivity index (χ0) is 15.0. The lowest BCUT2D eigenvalue weighted by Crippen LogP contribution is -2.25. The number of hydrogen-bond donors (Lipinski definition) is 1. The van der Waals surface area contributed by atoms with Gasteiger partial charge >= 0.3 is 5.97 Å². The Labute approximate surface area is 119 Å². The van der Waals surface area contributed by atoms with Crippen molar-refractivity contribution in [1.82, 2.24) is 0 Å². The van der Waals surface area contributed by atoms with E-state index in [0.717, 1.165) is 12.1 Å². The highest BCUT2D eigenvalue weighted by Crippen LogP contribution is 2.39. The van der Waals surface area contributed by atoms with Crippen LogP contribution in [0.15, 0.2) is 12.1 Å². The minimum atomic E-state index is -1.17. The van der Waals surface area contributed by atoms with Gasteiger partial charge in [-0.15, -0.1) is 0 Å². The number of carbonyl (C=O) groups excluding carboxylic acids is 1. The van der Waals surface area contributed by atoms with Gasteiger partial charge in [-0.1, -0.05) is 18.5 Å². The van der Waals surface area contributed by atoms with Crippen LogP contribution in [-0.2, 0) is 4.79 Å². The zero-order valence-corrected chi connectivity index (χ0v) is 11.5. The van der Waals surface area contributed by atoms with Crippen molar-refractivity contribution in [3.8, 4) is 0 Å². The molecule has 0 saturated heterocycles. The average molecular weight is 303 g/mol. The minimum absolute atomic E-state index is 0.0918. The Morgan fingerprint density at radius 3 is 2.35 bits per heavy atom. The number of rotatable bonds is 3. The second-order valence-corrected chi connectivity index (χ2v) is 5.65. The molecule has 2 rings (SSSR count). The maximum Gasteiger partial charge on any atom is 0.307 e. The van der Waals surface area contributed by atoms with Crippen molar-refractivity contribution in [1.29, 1.82) is 0 Å². The highest BCUT2D eigenvalue weighted by molar-refractivity contribution is 6.34. The molecule has 3 nitrogen and oxygen atoms in total. The quantitative estimate of drug-likeness (QED) is 0.686. The maximum atomic E-state index is 13.2. The molecule has 108 valence electrons. The van der Waals surface area contributed by atoms with Gasteiger partial charge in [0.2, 0.25) is 0 Å². The number of carboxylic acid groups (broad SMARTS) is 1. The molecule has 0 amide bonds. The van der Waals surface area contributed by atoms with Crippen LogP contribution in [0.1, 0.15) is 30.1 Å². The lowest BCUT2D eigenvalue weighted by molar-refractivity contribution is -0.142. The number of benzene rings is 1. The lowest BCUT2D eigenvalue weighted by atomic mass is 9.88. The van der Waals surface area contributed by atoms with Crippen molar-refractivity contribution in [3.63, 3.8) is 0 Å².